The number of ether oxygens (including phenoxy) is 2. The Morgan fingerprint density at radius 2 is 1.88 bits per heavy atom. The number of carbonyl (C=O) groups excluding carboxylic acids is 1. The molecule has 10 nitrogen and oxygen atoms in total. The van der Waals surface area contributed by atoms with Crippen LogP contribution < -0.4 is 19.7 Å². The molecule has 0 aliphatic carbocycles. The first kappa shape index (κ1) is 23.5. The second-order valence-corrected chi connectivity index (χ2v) is 8.67. The summed E-state index contributed by atoms with van der Waals surface area (Å²) in [6.45, 7) is 3.04. The maximum absolute atomic E-state index is 12.8. The molecule has 1 N–H and O–H groups in total. The van der Waals surface area contributed by atoms with Crippen LogP contribution >= 0.6 is 11.3 Å². The molecular weight excluding hydrogens is 458 g/mol. The first-order valence-electron chi connectivity index (χ1n) is 10.6. The van der Waals surface area contributed by atoms with E-state index in [1.165, 1.54) is 17.4 Å². The predicted molar refractivity (Wildman–Crippen MR) is 131 cm³/mol. The van der Waals surface area contributed by atoms with Gasteiger partial charge in [-0.25, -0.2) is 4.98 Å². The summed E-state index contributed by atoms with van der Waals surface area (Å²) in [7, 11) is 5.16. The SMILES string of the molecule is COc1ccc(-c2csc(NC(=O)c3ccc(N4CCN(C)CC4)c([N+](=O)[O-])c3)n2)c(OC)c1. The van der Waals surface area contributed by atoms with Crippen molar-refractivity contribution >= 4 is 33.8 Å². The number of methoxy groups -OCH3 is 2. The molecule has 0 saturated carbocycles. The number of nitro groups is 1. The van der Waals surface area contributed by atoms with Crippen molar-refractivity contribution in [3.05, 3.63) is 57.5 Å². The predicted octanol–water partition coefficient (Wildman–Crippen LogP) is 3.74. The van der Waals surface area contributed by atoms with Crippen LogP contribution in [0.25, 0.3) is 11.3 Å². The van der Waals surface area contributed by atoms with E-state index in [-0.39, 0.29) is 11.3 Å². The van der Waals surface area contributed by atoms with Crippen LogP contribution in [-0.2, 0) is 0 Å². The van der Waals surface area contributed by atoms with E-state index in [1.807, 2.05) is 18.0 Å². The summed E-state index contributed by atoms with van der Waals surface area (Å²) >= 11 is 1.26. The number of piperazine rings is 1. The van der Waals surface area contributed by atoms with Gasteiger partial charge in [-0.1, -0.05) is 0 Å². The van der Waals surface area contributed by atoms with E-state index in [0.717, 1.165) is 18.7 Å². The van der Waals surface area contributed by atoms with E-state index < -0.39 is 10.8 Å². The number of likely N-dealkylation sites (N-methyl/N-ethyl adjacent to an activating group) is 1. The van der Waals surface area contributed by atoms with Crippen LogP contribution in [0.2, 0.25) is 0 Å². The Balaban J connectivity index is 1.53. The van der Waals surface area contributed by atoms with Crippen molar-refractivity contribution in [2.45, 2.75) is 0 Å². The fraction of sp³-hybridized carbons (Fsp3) is 0.304. The number of nitrogens with zero attached hydrogens (tertiary/aromatic N) is 4. The number of thiazole rings is 1. The van der Waals surface area contributed by atoms with E-state index in [1.54, 1.807) is 43.9 Å². The molecule has 1 fully saturated rings. The van der Waals surface area contributed by atoms with E-state index in [0.29, 0.717) is 41.1 Å². The number of hydrogen-bond acceptors (Lipinski definition) is 9. The zero-order valence-corrected chi connectivity index (χ0v) is 19.9. The molecule has 1 aliphatic rings. The zero-order chi connectivity index (χ0) is 24.2. The van der Waals surface area contributed by atoms with Gasteiger partial charge in [0, 0.05) is 54.8 Å². The molecule has 1 saturated heterocycles. The summed E-state index contributed by atoms with van der Waals surface area (Å²) in [5.41, 5.74) is 2.03. The van der Waals surface area contributed by atoms with Crippen LogP contribution in [0.5, 0.6) is 11.5 Å². The van der Waals surface area contributed by atoms with Gasteiger partial charge in [-0.2, -0.15) is 0 Å². The first-order chi connectivity index (χ1) is 16.4. The Kier molecular flexibility index (Phi) is 6.94. The highest BCUT2D eigenvalue weighted by Crippen LogP contribution is 2.35. The van der Waals surface area contributed by atoms with Crippen LogP contribution in [0.15, 0.2) is 41.8 Å². The second-order valence-electron chi connectivity index (χ2n) is 7.81. The Labute approximate surface area is 200 Å². The van der Waals surface area contributed by atoms with Gasteiger partial charge >= 0.3 is 0 Å². The van der Waals surface area contributed by atoms with Crippen molar-refractivity contribution in [1.29, 1.82) is 0 Å². The summed E-state index contributed by atoms with van der Waals surface area (Å²) in [4.78, 5) is 32.8. The third kappa shape index (κ3) is 4.95. The monoisotopic (exact) mass is 483 g/mol. The van der Waals surface area contributed by atoms with Crippen LogP contribution in [-0.4, -0.2) is 68.2 Å². The van der Waals surface area contributed by atoms with Crippen LogP contribution in [0.1, 0.15) is 10.4 Å². The highest BCUT2D eigenvalue weighted by molar-refractivity contribution is 7.14. The molecule has 1 amide bonds. The average molecular weight is 484 g/mol. The lowest BCUT2D eigenvalue weighted by molar-refractivity contribution is -0.384. The quantitative estimate of drug-likeness (QED) is 0.400. The molecule has 2 heterocycles. The van der Waals surface area contributed by atoms with E-state index in [4.69, 9.17) is 9.47 Å². The molecule has 34 heavy (non-hydrogen) atoms. The maximum atomic E-state index is 12.8. The number of aromatic nitrogens is 1. The van der Waals surface area contributed by atoms with Crippen LogP contribution in [0.3, 0.4) is 0 Å². The lowest BCUT2D eigenvalue weighted by Gasteiger charge is -2.33. The minimum Gasteiger partial charge on any atom is -0.497 e. The fourth-order valence-electron chi connectivity index (χ4n) is 3.76. The summed E-state index contributed by atoms with van der Waals surface area (Å²) in [5, 5.41) is 16.7. The van der Waals surface area contributed by atoms with E-state index >= 15 is 0 Å². The van der Waals surface area contributed by atoms with Crippen molar-refractivity contribution in [3.63, 3.8) is 0 Å². The number of anilines is 2. The third-order valence-corrected chi connectivity index (χ3v) is 6.45. The standard InChI is InChI=1S/C23H25N5O5S/c1-26-8-10-27(11-9-26)19-7-4-15(12-20(19)28(30)31)22(29)25-23-24-18(14-34-23)17-6-5-16(32-2)13-21(17)33-3/h4-7,12-14H,8-11H2,1-3H3,(H,24,25,29). The lowest BCUT2D eigenvalue weighted by atomic mass is 10.1. The van der Waals surface area contributed by atoms with Gasteiger partial charge in [0.15, 0.2) is 5.13 Å². The number of amides is 1. The smallest absolute Gasteiger partial charge is 0.293 e. The molecule has 0 spiro atoms. The number of rotatable bonds is 7. The molecule has 11 heteroatoms. The Bertz CT molecular complexity index is 1210. The second kappa shape index (κ2) is 10.1. The van der Waals surface area contributed by atoms with Crippen molar-refractivity contribution in [2.75, 3.05) is 57.7 Å². The molecule has 1 aromatic heterocycles. The molecule has 4 rings (SSSR count). The van der Waals surface area contributed by atoms with Gasteiger partial charge in [0.2, 0.25) is 0 Å². The normalized spacial score (nSPS) is 14.0. The molecule has 0 atom stereocenters. The largest absolute Gasteiger partial charge is 0.497 e. The highest BCUT2D eigenvalue weighted by Gasteiger charge is 2.24. The number of carbonyl (C=O) groups is 1. The number of nitrogens with one attached hydrogen (secondary N) is 1. The van der Waals surface area contributed by atoms with E-state index in [2.05, 4.69) is 15.2 Å². The van der Waals surface area contributed by atoms with Gasteiger partial charge in [0.1, 0.15) is 17.2 Å². The van der Waals surface area contributed by atoms with Crippen molar-refractivity contribution in [3.8, 4) is 22.8 Å². The van der Waals surface area contributed by atoms with E-state index in [9.17, 15) is 14.9 Å². The molecule has 2 aromatic carbocycles. The van der Waals surface area contributed by atoms with Gasteiger partial charge in [-0.05, 0) is 31.3 Å². The third-order valence-electron chi connectivity index (χ3n) is 5.69. The number of nitro benzene ring substituents is 1. The van der Waals surface area contributed by atoms with Crippen molar-refractivity contribution < 1.29 is 19.2 Å². The van der Waals surface area contributed by atoms with Crippen molar-refractivity contribution in [2.24, 2.45) is 0 Å². The first-order valence-corrected chi connectivity index (χ1v) is 11.5. The van der Waals surface area contributed by atoms with Crippen LogP contribution in [0.4, 0.5) is 16.5 Å². The fourth-order valence-corrected chi connectivity index (χ4v) is 4.47. The molecule has 0 bridgehead atoms. The highest BCUT2D eigenvalue weighted by atomic mass is 32.1. The zero-order valence-electron chi connectivity index (χ0n) is 19.1. The topological polar surface area (TPSA) is 110 Å². The molecule has 178 valence electrons. The Morgan fingerprint density at radius 1 is 1.12 bits per heavy atom. The number of hydrogen-bond donors (Lipinski definition) is 1. The molecular formula is C23H25N5O5S. The number of benzene rings is 2. The van der Waals surface area contributed by atoms with Gasteiger partial charge in [0.25, 0.3) is 11.6 Å². The van der Waals surface area contributed by atoms with Gasteiger partial charge < -0.3 is 19.3 Å². The lowest BCUT2D eigenvalue weighted by Crippen LogP contribution is -2.44. The van der Waals surface area contributed by atoms with Gasteiger partial charge in [-0.15, -0.1) is 11.3 Å². The molecule has 0 unspecified atom stereocenters. The summed E-state index contributed by atoms with van der Waals surface area (Å²) < 4.78 is 10.7. The van der Waals surface area contributed by atoms with Crippen molar-refractivity contribution in [1.82, 2.24) is 9.88 Å². The Hall–Kier alpha value is -3.70. The molecule has 0 radical (unpaired) electrons. The average Bonchev–Trinajstić information content (AvgIpc) is 3.31. The minimum atomic E-state index is -0.462. The molecule has 3 aromatic rings. The molecule has 1 aliphatic heterocycles. The Morgan fingerprint density at radius 3 is 2.56 bits per heavy atom. The summed E-state index contributed by atoms with van der Waals surface area (Å²) in [6, 6.07) is 9.97. The van der Waals surface area contributed by atoms with Crippen LogP contribution in [0, 0.1) is 10.1 Å². The summed E-state index contributed by atoms with van der Waals surface area (Å²) in [6.07, 6.45) is 0. The van der Waals surface area contributed by atoms with Gasteiger partial charge in [-0.3, -0.25) is 20.2 Å². The summed E-state index contributed by atoms with van der Waals surface area (Å²) in [5.74, 6) is 0.791. The minimum absolute atomic E-state index is 0.0833. The maximum Gasteiger partial charge on any atom is 0.293 e. The van der Waals surface area contributed by atoms with Gasteiger partial charge in [0.05, 0.1) is 24.8 Å².